The molecule has 0 saturated carbocycles. The SMILES string of the molecule is Cc1cccc(N(CC(=O)NCc2ccc(Cl)cc2)S(=O)(=O)c2ccccc2)c1. The van der Waals surface area contributed by atoms with Gasteiger partial charge in [-0.25, -0.2) is 8.42 Å². The smallest absolute Gasteiger partial charge is 0.264 e. The number of benzene rings is 3. The van der Waals surface area contributed by atoms with Crippen molar-refractivity contribution in [2.24, 2.45) is 0 Å². The quantitative estimate of drug-likeness (QED) is 0.614. The van der Waals surface area contributed by atoms with Crippen LogP contribution in [0.2, 0.25) is 5.02 Å². The molecule has 0 aliphatic heterocycles. The van der Waals surface area contributed by atoms with Gasteiger partial charge >= 0.3 is 0 Å². The summed E-state index contributed by atoms with van der Waals surface area (Å²) in [4.78, 5) is 12.7. The predicted octanol–water partition coefficient (Wildman–Crippen LogP) is 4.16. The summed E-state index contributed by atoms with van der Waals surface area (Å²) in [5, 5.41) is 3.38. The third kappa shape index (κ3) is 5.37. The number of hydrogen-bond donors (Lipinski definition) is 1. The minimum Gasteiger partial charge on any atom is -0.350 e. The molecule has 0 aliphatic rings. The van der Waals surface area contributed by atoms with Crippen molar-refractivity contribution in [3.63, 3.8) is 0 Å². The second-order valence-electron chi connectivity index (χ2n) is 6.57. The third-order valence-corrected chi connectivity index (χ3v) is 6.35. The number of halogens is 1. The fourth-order valence-corrected chi connectivity index (χ4v) is 4.37. The summed E-state index contributed by atoms with van der Waals surface area (Å²) < 4.78 is 27.6. The van der Waals surface area contributed by atoms with Crippen molar-refractivity contribution in [3.05, 3.63) is 95.0 Å². The van der Waals surface area contributed by atoms with E-state index in [0.29, 0.717) is 10.7 Å². The van der Waals surface area contributed by atoms with Gasteiger partial charge in [0.25, 0.3) is 10.0 Å². The molecule has 0 aliphatic carbocycles. The van der Waals surface area contributed by atoms with E-state index in [1.165, 1.54) is 12.1 Å². The summed E-state index contributed by atoms with van der Waals surface area (Å²) in [5.74, 6) is -0.402. The van der Waals surface area contributed by atoms with Crippen molar-refractivity contribution in [3.8, 4) is 0 Å². The minimum absolute atomic E-state index is 0.131. The van der Waals surface area contributed by atoms with Gasteiger partial charge in [0.2, 0.25) is 5.91 Å². The lowest BCUT2D eigenvalue weighted by Gasteiger charge is -2.24. The highest BCUT2D eigenvalue weighted by molar-refractivity contribution is 7.92. The van der Waals surface area contributed by atoms with E-state index in [4.69, 9.17) is 11.6 Å². The first-order valence-corrected chi connectivity index (χ1v) is 10.8. The Morgan fingerprint density at radius 2 is 1.66 bits per heavy atom. The first-order valence-electron chi connectivity index (χ1n) is 9.02. The van der Waals surface area contributed by atoms with Gasteiger partial charge in [0, 0.05) is 11.6 Å². The first-order chi connectivity index (χ1) is 13.9. The van der Waals surface area contributed by atoms with Crippen molar-refractivity contribution in [1.29, 1.82) is 0 Å². The number of nitrogens with one attached hydrogen (secondary N) is 1. The van der Waals surface area contributed by atoms with E-state index in [0.717, 1.165) is 15.4 Å². The average Bonchev–Trinajstić information content (AvgIpc) is 2.72. The monoisotopic (exact) mass is 428 g/mol. The maximum absolute atomic E-state index is 13.2. The van der Waals surface area contributed by atoms with Gasteiger partial charge in [-0.2, -0.15) is 0 Å². The van der Waals surface area contributed by atoms with Crippen LogP contribution in [0.15, 0.2) is 83.8 Å². The van der Waals surface area contributed by atoms with Crippen LogP contribution in [0.25, 0.3) is 0 Å². The molecule has 5 nitrogen and oxygen atoms in total. The van der Waals surface area contributed by atoms with Gasteiger partial charge in [0.1, 0.15) is 6.54 Å². The van der Waals surface area contributed by atoms with Crippen LogP contribution in [0.1, 0.15) is 11.1 Å². The number of sulfonamides is 1. The van der Waals surface area contributed by atoms with E-state index in [-0.39, 0.29) is 18.0 Å². The van der Waals surface area contributed by atoms with Gasteiger partial charge in [-0.3, -0.25) is 9.10 Å². The highest BCUT2D eigenvalue weighted by Gasteiger charge is 2.27. The fraction of sp³-hybridized carbons (Fsp3) is 0.136. The zero-order valence-electron chi connectivity index (χ0n) is 15.9. The summed E-state index contributed by atoms with van der Waals surface area (Å²) in [6.45, 7) is 1.83. The molecule has 0 spiro atoms. The molecule has 29 heavy (non-hydrogen) atoms. The lowest BCUT2D eigenvalue weighted by atomic mass is 10.2. The lowest BCUT2D eigenvalue weighted by molar-refractivity contribution is -0.119. The number of carbonyl (C=O) groups excluding carboxylic acids is 1. The number of anilines is 1. The molecular formula is C22H21ClN2O3S. The van der Waals surface area contributed by atoms with E-state index in [1.54, 1.807) is 48.5 Å². The maximum Gasteiger partial charge on any atom is 0.264 e. The zero-order chi connectivity index (χ0) is 20.9. The van der Waals surface area contributed by atoms with Crippen molar-refractivity contribution >= 4 is 33.2 Å². The topological polar surface area (TPSA) is 66.5 Å². The van der Waals surface area contributed by atoms with Gasteiger partial charge in [-0.05, 0) is 54.4 Å². The Bertz CT molecular complexity index is 1080. The molecule has 0 atom stereocenters. The molecular weight excluding hydrogens is 408 g/mol. The fourth-order valence-electron chi connectivity index (χ4n) is 2.81. The number of hydrogen-bond acceptors (Lipinski definition) is 3. The zero-order valence-corrected chi connectivity index (χ0v) is 17.5. The van der Waals surface area contributed by atoms with Crippen molar-refractivity contribution in [2.75, 3.05) is 10.8 Å². The highest BCUT2D eigenvalue weighted by atomic mass is 35.5. The average molecular weight is 429 g/mol. The Kier molecular flexibility index (Phi) is 6.56. The van der Waals surface area contributed by atoms with Crippen LogP contribution < -0.4 is 9.62 Å². The standard InChI is InChI=1S/C22H21ClN2O3S/c1-17-6-5-7-20(14-17)25(29(27,28)21-8-3-2-4-9-21)16-22(26)24-15-18-10-12-19(23)13-11-18/h2-14H,15-16H2,1H3,(H,24,26). The summed E-state index contributed by atoms with van der Waals surface area (Å²) in [5.41, 5.74) is 2.21. The van der Waals surface area contributed by atoms with Crippen molar-refractivity contribution < 1.29 is 13.2 Å². The number of nitrogens with zero attached hydrogens (tertiary/aromatic N) is 1. The molecule has 1 amide bonds. The maximum atomic E-state index is 13.2. The van der Waals surface area contributed by atoms with E-state index in [1.807, 2.05) is 25.1 Å². The van der Waals surface area contributed by atoms with Crippen LogP contribution in [0.4, 0.5) is 5.69 Å². The molecule has 0 heterocycles. The molecule has 150 valence electrons. The van der Waals surface area contributed by atoms with E-state index < -0.39 is 15.9 Å². The largest absolute Gasteiger partial charge is 0.350 e. The second-order valence-corrected chi connectivity index (χ2v) is 8.87. The third-order valence-electron chi connectivity index (χ3n) is 4.31. The molecule has 3 aromatic carbocycles. The molecule has 0 fully saturated rings. The number of rotatable bonds is 7. The molecule has 3 rings (SSSR count). The molecule has 0 bridgehead atoms. The lowest BCUT2D eigenvalue weighted by Crippen LogP contribution is -2.40. The Hall–Kier alpha value is -2.83. The summed E-state index contributed by atoms with van der Waals surface area (Å²) in [6, 6.07) is 22.2. The number of amides is 1. The Morgan fingerprint density at radius 3 is 2.31 bits per heavy atom. The van der Waals surface area contributed by atoms with Crippen molar-refractivity contribution in [2.45, 2.75) is 18.4 Å². The first kappa shape index (κ1) is 20.9. The molecule has 1 N–H and O–H groups in total. The van der Waals surface area contributed by atoms with Crippen LogP contribution in [0.3, 0.4) is 0 Å². The predicted molar refractivity (Wildman–Crippen MR) is 115 cm³/mol. The second kappa shape index (κ2) is 9.11. The van der Waals surface area contributed by atoms with Gasteiger partial charge in [0.05, 0.1) is 10.6 Å². The Labute approximate surface area is 176 Å². The Morgan fingerprint density at radius 1 is 0.966 bits per heavy atom. The molecule has 7 heteroatoms. The normalized spacial score (nSPS) is 11.1. The van der Waals surface area contributed by atoms with Crippen LogP contribution in [-0.4, -0.2) is 20.9 Å². The summed E-state index contributed by atoms with van der Waals surface area (Å²) in [6.07, 6.45) is 0. The van der Waals surface area contributed by atoms with Gasteiger partial charge in [-0.1, -0.05) is 54.1 Å². The molecule has 0 aromatic heterocycles. The van der Waals surface area contributed by atoms with Crippen LogP contribution in [0, 0.1) is 6.92 Å². The summed E-state index contributed by atoms with van der Waals surface area (Å²) in [7, 11) is -3.90. The summed E-state index contributed by atoms with van der Waals surface area (Å²) >= 11 is 5.87. The molecule has 3 aromatic rings. The Balaban J connectivity index is 1.83. The van der Waals surface area contributed by atoms with Crippen LogP contribution in [0.5, 0.6) is 0 Å². The van der Waals surface area contributed by atoms with Gasteiger partial charge in [0.15, 0.2) is 0 Å². The van der Waals surface area contributed by atoms with E-state index in [2.05, 4.69) is 5.32 Å². The van der Waals surface area contributed by atoms with E-state index >= 15 is 0 Å². The number of carbonyl (C=O) groups is 1. The van der Waals surface area contributed by atoms with Crippen LogP contribution in [-0.2, 0) is 21.4 Å². The molecule has 0 radical (unpaired) electrons. The molecule has 0 saturated heterocycles. The molecule has 0 unspecified atom stereocenters. The minimum atomic E-state index is -3.90. The highest BCUT2D eigenvalue weighted by Crippen LogP contribution is 2.24. The van der Waals surface area contributed by atoms with Crippen molar-refractivity contribution in [1.82, 2.24) is 5.32 Å². The van der Waals surface area contributed by atoms with E-state index in [9.17, 15) is 13.2 Å². The van der Waals surface area contributed by atoms with Gasteiger partial charge in [-0.15, -0.1) is 0 Å². The number of aryl methyl sites for hydroxylation is 1. The van der Waals surface area contributed by atoms with Gasteiger partial charge < -0.3 is 5.32 Å². The van der Waals surface area contributed by atoms with Crippen LogP contribution >= 0.6 is 11.6 Å².